The highest BCUT2D eigenvalue weighted by Gasteiger charge is 2.25. The molecule has 0 bridgehead atoms. The molecule has 5 heteroatoms. The number of rotatable bonds is 3. The lowest BCUT2D eigenvalue weighted by Gasteiger charge is -2.29. The van der Waals surface area contributed by atoms with E-state index in [1.807, 2.05) is 51.1 Å². The van der Waals surface area contributed by atoms with E-state index in [-0.39, 0.29) is 25.0 Å². The second-order valence-electron chi connectivity index (χ2n) is 6.17. The lowest BCUT2D eigenvalue weighted by molar-refractivity contribution is -0.133. The molecule has 0 atom stereocenters. The van der Waals surface area contributed by atoms with E-state index in [4.69, 9.17) is 4.74 Å². The van der Waals surface area contributed by atoms with Gasteiger partial charge in [-0.05, 0) is 50.1 Å². The summed E-state index contributed by atoms with van der Waals surface area (Å²) in [5, 5.41) is 2.91. The summed E-state index contributed by atoms with van der Waals surface area (Å²) in [4.78, 5) is 25.9. The maximum Gasteiger partial charge on any atom is 0.331 e. The molecule has 0 spiro atoms. The fraction of sp³-hybridized carbons (Fsp3) is 0.263. The Morgan fingerprint density at radius 1 is 1.12 bits per heavy atom. The molecule has 1 aliphatic heterocycles. The van der Waals surface area contributed by atoms with Crippen molar-refractivity contribution in [2.45, 2.75) is 20.8 Å². The molecule has 5 nitrogen and oxygen atoms in total. The van der Waals surface area contributed by atoms with Gasteiger partial charge in [-0.1, -0.05) is 23.8 Å². The third-order valence-electron chi connectivity index (χ3n) is 3.99. The van der Waals surface area contributed by atoms with Crippen molar-refractivity contribution in [1.82, 2.24) is 0 Å². The SMILES string of the molecule is Cc1ccc(NC(=O)CN2CC(=O)Oc3ccc(C)cc32)c(C)c1. The van der Waals surface area contributed by atoms with Gasteiger partial charge >= 0.3 is 5.97 Å². The van der Waals surface area contributed by atoms with E-state index in [1.165, 1.54) is 0 Å². The number of amides is 1. The Labute approximate surface area is 141 Å². The van der Waals surface area contributed by atoms with E-state index < -0.39 is 0 Å². The molecule has 0 saturated carbocycles. The molecule has 1 N–H and O–H groups in total. The van der Waals surface area contributed by atoms with Crippen molar-refractivity contribution < 1.29 is 14.3 Å². The summed E-state index contributed by atoms with van der Waals surface area (Å²) in [5.41, 5.74) is 4.76. The minimum atomic E-state index is -0.356. The lowest BCUT2D eigenvalue weighted by atomic mass is 10.1. The molecule has 0 saturated heterocycles. The predicted molar refractivity (Wildman–Crippen MR) is 93.6 cm³/mol. The first-order valence-electron chi connectivity index (χ1n) is 7.86. The maximum atomic E-state index is 12.4. The van der Waals surface area contributed by atoms with Gasteiger partial charge in [0, 0.05) is 5.69 Å². The predicted octanol–water partition coefficient (Wildman–Crippen LogP) is 2.98. The van der Waals surface area contributed by atoms with Gasteiger partial charge in [0.1, 0.15) is 6.54 Å². The van der Waals surface area contributed by atoms with Gasteiger partial charge in [-0.2, -0.15) is 0 Å². The Bertz CT molecular complexity index is 814. The number of hydrogen-bond acceptors (Lipinski definition) is 4. The van der Waals surface area contributed by atoms with Crippen molar-refractivity contribution in [3.05, 3.63) is 53.1 Å². The smallest absolute Gasteiger partial charge is 0.331 e. The quantitative estimate of drug-likeness (QED) is 0.696. The number of hydrogen-bond donors (Lipinski definition) is 1. The molecule has 1 amide bonds. The summed E-state index contributed by atoms with van der Waals surface area (Å²) >= 11 is 0. The first-order chi connectivity index (χ1) is 11.4. The highest BCUT2D eigenvalue weighted by Crippen LogP contribution is 2.32. The van der Waals surface area contributed by atoms with Crippen LogP contribution in [0.15, 0.2) is 36.4 Å². The normalized spacial score (nSPS) is 13.3. The Morgan fingerprint density at radius 3 is 2.58 bits per heavy atom. The second kappa shape index (κ2) is 6.35. The van der Waals surface area contributed by atoms with Gasteiger partial charge in [-0.15, -0.1) is 0 Å². The summed E-state index contributed by atoms with van der Waals surface area (Å²) in [6, 6.07) is 11.4. The largest absolute Gasteiger partial charge is 0.423 e. The van der Waals surface area contributed by atoms with Crippen LogP contribution < -0.4 is 15.0 Å². The van der Waals surface area contributed by atoms with Gasteiger partial charge in [0.25, 0.3) is 0 Å². The number of benzene rings is 2. The fourth-order valence-electron chi connectivity index (χ4n) is 2.81. The maximum absolute atomic E-state index is 12.4. The highest BCUT2D eigenvalue weighted by atomic mass is 16.5. The summed E-state index contributed by atoms with van der Waals surface area (Å²) in [6.07, 6.45) is 0. The van der Waals surface area contributed by atoms with Gasteiger partial charge in [0.2, 0.25) is 5.91 Å². The molecular weight excluding hydrogens is 304 g/mol. The molecule has 0 fully saturated rings. The van der Waals surface area contributed by atoms with Crippen LogP contribution in [0.1, 0.15) is 16.7 Å². The number of carbonyl (C=O) groups excluding carboxylic acids is 2. The number of ether oxygens (including phenoxy) is 1. The van der Waals surface area contributed by atoms with Crippen molar-refractivity contribution in [2.75, 3.05) is 23.3 Å². The molecular formula is C19H20N2O3. The topological polar surface area (TPSA) is 58.6 Å². The summed E-state index contributed by atoms with van der Waals surface area (Å²) in [6.45, 7) is 6.09. The van der Waals surface area contributed by atoms with Crippen LogP contribution in [0.3, 0.4) is 0 Å². The van der Waals surface area contributed by atoms with E-state index in [2.05, 4.69) is 5.32 Å². The molecule has 24 heavy (non-hydrogen) atoms. The zero-order valence-electron chi connectivity index (χ0n) is 14.1. The van der Waals surface area contributed by atoms with Crippen molar-refractivity contribution in [3.63, 3.8) is 0 Å². The number of anilines is 2. The van der Waals surface area contributed by atoms with Crippen LogP contribution in [-0.2, 0) is 9.59 Å². The molecule has 124 valence electrons. The number of fused-ring (bicyclic) bond motifs is 1. The zero-order chi connectivity index (χ0) is 17.3. The lowest BCUT2D eigenvalue weighted by Crippen LogP contribution is -2.41. The van der Waals surface area contributed by atoms with E-state index >= 15 is 0 Å². The van der Waals surface area contributed by atoms with Crippen LogP contribution in [0.2, 0.25) is 0 Å². The molecule has 0 radical (unpaired) electrons. The highest BCUT2D eigenvalue weighted by molar-refractivity contribution is 5.96. The number of nitrogens with zero attached hydrogens (tertiary/aromatic N) is 1. The average Bonchev–Trinajstić information content (AvgIpc) is 2.51. The molecule has 1 heterocycles. The molecule has 1 aliphatic rings. The number of esters is 1. The first-order valence-corrected chi connectivity index (χ1v) is 7.86. The van der Waals surface area contributed by atoms with E-state index in [0.29, 0.717) is 5.75 Å². The molecule has 0 aliphatic carbocycles. The third-order valence-corrected chi connectivity index (χ3v) is 3.99. The standard InChI is InChI=1S/C19H20N2O3/c1-12-4-6-15(14(3)8-12)20-18(22)10-21-11-19(23)24-17-7-5-13(2)9-16(17)21/h4-9H,10-11H2,1-3H3,(H,20,22). The summed E-state index contributed by atoms with van der Waals surface area (Å²) in [5.74, 6) is -0.0223. The molecule has 2 aromatic carbocycles. The van der Waals surface area contributed by atoms with Crippen LogP contribution in [-0.4, -0.2) is 25.0 Å². The second-order valence-corrected chi connectivity index (χ2v) is 6.17. The molecule has 3 rings (SSSR count). The molecule has 2 aromatic rings. The summed E-state index contributed by atoms with van der Waals surface area (Å²) < 4.78 is 5.24. The van der Waals surface area contributed by atoms with Crippen LogP contribution in [0.5, 0.6) is 5.75 Å². The van der Waals surface area contributed by atoms with E-state index in [1.54, 1.807) is 11.0 Å². The van der Waals surface area contributed by atoms with Gasteiger partial charge in [-0.25, -0.2) is 4.79 Å². The number of aryl methyl sites for hydroxylation is 3. The number of carbonyl (C=O) groups is 2. The number of nitrogens with one attached hydrogen (secondary N) is 1. The van der Waals surface area contributed by atoms with E-state index in [9.17, 15) is 9.59 Å². The third kappa shape index (κ3) is 3.40. The van der Waals surface area contributed by atoms with Gasteiger partial charge < -0.3 is 15.0 Å². The van der Waals surface area contributed by atoms with Crippen molar-refractivity contribution in [3.8, 4) is 5.75 Å². The van der Waals surface area contributed by atoms with Crippen LogP contribution in [0, 0.1) is 20.8 Å². The average molecular weight is 324 g/mol. The zero-order valence-corrected chi connectivity index (χ0v) is 14.1. The van der Waals surface area contributed by atoms with Crippen molar-refractivity contribution in [1.29, 1.82) is 0 Å². The Kier molecular flexibility index (Phi) is 4.25. The van der Waals surface area contributed by atoms with Crippen LogP contribution >= 0.6 is 0 Å². The monoisotopic (exact) mass is 324 g/mol. The van der Waals surface area contributed by atoms with Gasteiger partial charge in [0.15, 0.2) is 5.75 Å². The molecule has 0 aromatic heterocycles. The minimum absolute atomic E-state index is 0.0662. The first kappa shape index (κ1) is 16.1. The Morgan fingerprint density at radius 2 is 1.83 bits per heavy atom. The van der Waals surface area contributed by atoms with Gasteiger partial charge in [-0.3, -0.25) is 4.79 Å². The van der Waals surface area contributed by atoms with Crippen LogP contribution in [0.4, 0.5) is 11.4 Å². The van der Waals surface area contributed by atoms with Crippen molar-refractivity contribution in [2.24, 2.45) is 0 Å². The Balaban J connectivity index is 1.77. The van der Waals surface area contributed by atoms with E-state index in [0.717, 1.165) is 28.1 Å². The van der Waals surface area contributed by atoms with Crippen molar-refractivity contribution >= 4 is 23.3 Å². The minimum Gasteiger partial charge on any atom is -0.423 e. The fourth-order valence-corrected chi connectivity index (χ4v) is 2.81. The molecule has 0 unspecified atom stereocenters. The van der Waals surface area contributed by atoms with Gasteiger partial charge in [0.05, 0.1) is 12.2 Å². The Hall–Kier alpha value is -2.82. The summed E-state index contributed by atoms with van der Waals surface area (Å²) in [7, 11) is 0. The van der Waals surface area contributed by atoms with Crippen LogP contribution in [0.25, 0.3) is 0 Å².